The maximum Gasteiger partial charge on any atom is 0.240 e. The van der Waals surface area contributed by atoms with Crippen LogP contribution in [0, 0.1) is 17.2 Å². The Morgan fingerprint density at radius 1 is 1.19 bits per heavy atom. The van der Waals surface area contributed by atoms with Gasteiger partial charge >= 0.3 is 0 Å². The average Bonchev–Trinajstić information content (AvgIpc) is 3.47. The van der Waals surface area contributed by atoms with Crippen molar-refractivity contribution in [2.75, 3.05) is 6.54 Å². The fraction of sp³-hybridized carbons (Fsp3) is 0.333. The minimum Gasteiger partial charge on any atom is -0.508 e. The lowest BCUT2D eigenvalue weighted by molar-refractivity contribution is -0.139. The summed E-state index contributed by atoms with van der Waals surface area (Å²) in [6.45, 7) is 3.92. The number of benzene rings is 2. The largest absolute Gasteiger partial charge is 0.508 e. The highest BCUT2D eigenvalue weighted by molar-refractivity contribution is 5.90. The summed E-state index contributed by atoms with van der Waals surface area (Å²) in [5.74, 6) is -0.882. The third kappa shape index (κ3) is 6.71. The van der Waals surface area contributed by atoms with Gasteiger partial charge in [0.25, 0.3) is 0 Å². The molecule has 1 aliphatic heterocycles. The number of phenols is 1. The van der Waals surface area contributed by atoms with Gasteiger partial charge in [-0.1, -0.05) is 49.3 Å². The van der Waals surface area contributed by atoms with Crippen molar-refractivity contribution in [3.63, 3.8) is 0 Å². The van der Waals surface area contributed by atoms with Crippen molar-refractivity contribution in [1.82, 2.24) is 10.1 Å². The summed E-state index contributed by atoms with van der Waals surface area (Å²) in [7, 11) is 0. The highest BCUT2D eigenvalue weighted by atomic mass is 16.5. The zero-order valence-electron chi connectivity index (χ0n) is 20.2. The summed E-state index contributed by atoms with van der Waals surface area (Å²) in [5, 5.41) is 31.0. The lowest BCUT2D eigenvalue weighted by Gasteiger charge is -2.27. The van der Waals surface area contributed by atoms with Crippen molar-refractivity contribution in [3.8, 4) is 11.8 Å². The van der Waals surface area contributed by atoms with Gasteiger partial charge in [-0.25, -0.2) is 0 Å². The number of rotatable bonds is 6. The summed E-state index contributed by atoms with van der Waals surface area (Å²) in [4.78, 5) is 26.2. The molecule has 3 atom stereocenters. The van der Waals surface area contributed by atoms with Crippen LogP contribution in [0.3, 0.4) is 0 Å². The molecule has 1 aliphatic rings. The molecular weight excluding hydrogens is 460 g/mol. The van der Waals surface area contributed by atoms with Crippen LogP contribution >= 0.6 is 0 Å². The Balaban J connectivity index is 0.000000338. The molecule has 4 rings (SSSR count). The number of amides is 2. The van der Waals surface area contributed by atoms with Gasteiger partial charge in [0.2, 0.25) is 11.8 Å². The minimum atomic E-state index is -0.791. The molecule has 1 saturated heterocycles. The number of phenolic OH excluding ortho intramolecular Hbond substituents is 1. The zero-order chi connectivity index (χ0) is 26.2. The van der Waals surface area contributed by atoms with Gasteiger partial charge < -0.3 is 25.4 Å². The fourth-order valence-electron chi connectivity index (χ4n) is 4.14. The smallest absolute Gasteiger partial charge is 0.240 e. The number of nitrogens with zero attached hydrogens (tertiary/aromatic N) is 3. The van der Waals surface area contributed by atoms with Gasteiger partial charge in [-0.3, -0.25) is 9.59 Å². The van der Waals surface area contributed by atoms with Gasteiger partial charge in [0.15, 0.2) is 0 Å². The van der Waals surface area contributed by atoms with Crippen molar-refractivity contribution >= 4 is 11.8 Å². The Kier molecular flexibility index (Phi) is 8.81. The predicted octanol–water partition coefficient (Wildman–Crippen LogP) is 2.72. The van der Waals surface area contributed by atoms with Crippen LogP contribution in [0.1, 0.15) is 48.8 Å². The molecule has 188 valence electrons. The molecule has 0 aliphatic carbocycles. The number of hydrogen-bond donors (Lipinski definition) is 3. The van der Waals surface area contributed by atoms with E-state index in [0.29, 0.717) is 17.7 Å². The number of carbonyl (C=O) groups excluding carboxylic acids is 2. The number of nitriles is 1. The van der Waals surface area contributed by atoms with E-state index in [1.165, 1.54) is 17.0 Å². The molecule has 1 aromatic heterocycles. The quantitative estimate of drug-likeness (QED) is 0.480. The summed E-state index contributed by atoms with van der Waals surface area (Å²) < 4.78 is 5.49. The van der Waals surface area contributed by atoms with Gasteiger partial charge in [0, 0.05) is 25.5 Å². The van der Waals surface area contributed by atoms with Crippen LogP contribution in [-0.4, -0.2) is 50.8 Å². The maximum atomic E-state index is 13.1. The van der Waals surface area contributed by atoms with Crippen molar-refractivity contribution < 1.29 is 24.3 Å². The first-order valence-electron chi connectivity index (χ1n) is 11.7. The SMILES string of the molecule is CC(C)C(C(=O)N1CC(O)CC1C(N)=O)c1cc(Cc2ccccc2)no1.N#Cc1ccc(O)cc1. The van der Waals surface area contributed by atoms with Gasteiger partial charge in [-0.05, 0) is 35.7 Å². The first kappa shape index (κ1) is 26.4. The first-order chi connectivity index (χ1) is 17.2. The van der Waals surface area contributed by atoms with E-state index in [-0.39, 0.29) is 30.5 Å². The van der Waals surface area contributed by atoms with E-state index in [0.717, 1.165) is 11.3 Å². The summed E-state index contributed by atoms with van der Waals surface area (Å²) in [6.07, 6.45) is 0.0275. The van der Waals surface area contributed by atoms with E-state index in [4.69, 9.17) is 20.6 Å². The second-order valence-corrected chi connectivity index (χ2v) is 9.06. The molecule has 0 bridgehead atoms. The zero-order valence-corrected chi connectivity index (χ0v) is 20.2. The number of hydrogen-bond acceptors (Lipinski definition) is 7. The van der Waals surface area contributed by atoms with Gasteiger partial charge in [0.1, 0.15) is 23.5 Å². The van der Waals surface area contributed by atoms with Crippen LogP contribution in [0.2, 0.25) is 0 Å². The molecule has 1 fully saturated rings. The second-order valence-electron chi connectivity index (χ2n) is 9.06. The van der Waals surface area contributed by atoms with Crippen molar-refractivity contribution in [1.29, 1.82) is 5.26 Å². The van der Waals surface area contributed by atoms with E-state index in [1.54, 1.807) is 18.2 Å². The van der Waals surface area contributed by atoms with Gasteiger partial charge in [-0.2, -0.15) is 5.26 Å². The van der Waals surface area contributed by atoms with Crippen LogP contribution in [-0.2, 0) is 16.0 Å². The van der Waals surface area contributed by atoms with E-state index in [9.17, 15) is 14.7 Å². The molecule has 0 saturated carbocycles. The molecule has 9 heteroatoms. The average molecular weight is 491 g/mol. The highest BCUT2D eigenvalue weighted by Crippen LogP contribution is 2.31. The van der Waals surface area contributed by atoms with Crippen LogP contribution in [0.15, 0.2) is 65.2 Å². The number of primary amides is 1. The second kappa shape index (κ2) is 12.0. The molecule has 9 nitrogen and oxygen atoms in total. The monoisotopic (exact) mass is 490 g/mol. The lowest BCUT2D eigenvalue weighted by atomic mass is 9.91. The fourth-order valence-corrected chi connectivity index (χ4v) is 4.14. The molecule has 36 heavy (non-hydrogen) atoms. The Labute approximate surface area is 209 Å². The molecule has 0 spiro atoms. The predicted molar refractivity (Wildman–Crippen MR) is 131 cm³/mol. The third-order valence-corrected chi connectivity index (χ3v) is 5.93. The standard InChI is InChI=1S/C20H25N3O4.C7H5NO/c1-12(2)18(20(26)23-11-15(24)10-16(23)19(21)25)17-9-14(22-27-17)8-13-6-4-3-5-7-13;8-5-6-1-3-7(9)4-2-6/h3-7,9,12,15-16,18,24H,8,10-11H2,1-2H3,(H2,21,25);1-4,9H. The summed E-state index contributed by atoms with van der Waals surface area (Å²) in [6, 6.07) is 18.9. The molecular formula is C27H30N4O5. The van der Waals surface area contributed by atoms with Gasteiger partial charge in [-0.15, -0.1) is 0 Å². The van der Waals surface area contributed by atoms with Crippen LogP contribution in [0.25, 0.3) is 0 Å². The van der Waals surface area contributed by atoms with Crippen molar-refractivity contribution in [2.45, 2.75) is 44.8 Å². The van der Waals surface area contributed by atoms with E-state index >= 15 is 0 Å². The Bertz CT molecular complexity index is 1200. The number of likely N-dealkylation sites (tertiary alicyclic amines) is 1. The van der Waals surface area contributed by atoms with Crippen molar-refractivity contribution in [2.24, 2.45) is 11.7 Å². The number of aromatic hydroxyl groups is 1. The Morgan fingerprint density at radius 3 is 2.44 bits per heavy atom. The molecule has 2 aromatic carbocycles. The minimum absolute atomic E-state index is 0.0682. The van der Waals surface area contributed by atoms with E-state index in [1.807, 2.05) is 50.2 Å². The topological polar surface area (TPSA) is 154 Å². The number of aliphatic hydroxyl groups excluding tert-OH is 1. The number of carbonyl (C=O) groups is 2. The number of nitrogens with two attached hydrogens (primary N) is 1. The number of aromatic nitrogens is 1. The maximum absolute atomic E-state index is 13.1. The van der Waals surface area contributed by atoms with Crippen LogP contribution in [0.5, 0.6) is 5.75 Å². The Hall–Kier alpha value is -4.16. The molecule has 0 radical (unpaired) electrons. The normalized spacial score (nSPS) is 17.7. The van der Waals surface area contributed by atoms with E-state index < -0.39 is 24.0 Å². The van der Waals surface area contributed by atoms with Crippen molar-refractivity contribution in [3.05, 3.63) is 83.2 Å². The first-order valence-corrected chi connectivity index (χ1v) is 11.7. The van der Waals surface area contributed by atoms with E-state index in [2.05, 4.69) is 5.16 Å². The number of aliphatic hydroxyl groups is 1. The lowest BCUT2D eigenvalue weighted by Crippen LogP contribution is -2.46. The molecule has 3 unspecified atom stereocenters. The molecule has 2 amide bonds. The summed E-state index contributed by atoms with van der Waals surface area (Å²) >= 11 is 0. The highest BCUT2D eigenvalue weighted by Gasteiger charge is 2.42. The van der Waals surface area contributed by atoms with Crippen LogP contribution in [0.4, 0.5) is 0 Å². The van der Waals surface area contributed by atoms with Crippen LogP contribution < -0.4 is 5.73 Å². The summed E-state index contributed by atoms with van der Waals surface area (Å²) in [5.41, 5.74) is 7.81. The number of β-amino-alcohol motifs (C(OH)–C–C–N with tert-alkyl or cyclic N) is 1. The molecule has 3 aromatic rings. The Morgan fingerprint density at radius 2 is 1.86 bits per heavy atom. The molecule has 2 heterocycles. The van der Waals surface area contributed by atoms with Gasteiger partial charge in [0.05, 0.1) is 23.4 Å². The molecule has 4 N–H and O–H groups in total. The third-order valence-electron chi connectivity index (χ3n) is 5.93.